The molecule has 4 nitrogen and oxygen atoms in total. The first-order valence-electron chi connectivity index (χ1n) is 5.37. The predicted molar refractivity (Wildman–Crippen MR) is 62.8 cm³/mol. The van der Waals surface area contributed by atoms with Gasteiger partial charge in [0.25, 0.3) is 0 Å². The first kappa shape index (κ1) is 12.3. The monoisotopic (exact) mass is 257 g/mol. The van der Waals surface area contributed by atoms with Crippen LogP contribution in [0.25, 0.3) is 0 Å². The van der Waals surface area contributed by atoms with Gasteiger partial charge in [0, 0.05) is 18.7 Å². The van der Waals surface area contributed by atoms with Crippen LogP contribution in [0.3, 0.4) is 0 Å². The number of halogens is 2. The number of nitrogens with one attached hydrogen (secondary N) is 3. The molecule has 1 atom stereocenters. The second-order valence-corrected chi connectivity index (χ2v) is 4.25. The lowest BCUT2D eigenvalue weighted by atomic mass is 10.2. The summed E-state index contributed by atoms with van der Waals surface area (Å²) < 4.78 is 13.5. The zero-order chi connectivity index (χ0) is 12.3. The number of hydrogen-bond acceptors (Lipinski definition) is 3. The third kappa shape index (κ3) is 2.94. The SMILES string of the molecule is O=C(NCc1cccc(Cl)c1F)[C@H]1CCNN1. The van der Waals surface area contributed by atoms with Crippen molar-refractivity contribution in [2.75, 3.05) is 6.54 Å². The molecule has 1 aromatic rings. The maximum atomic E-state index is 13.5. The normalized spacial score (nSPS) is 19.3. The highest BCUT2D eigenvalue weighted by Gasteiger charge is 2.21. The number of benzene rings is 1. The van der Waals surface area contributed by atoms with Crippen LogP contribution in [0.4, 0.5) is 4.39 Å². The van der Waals surface area contributed by atoms with Crippen LogP contribution >= 0.6 is 11.6 Å². The Hall–Kier alpha value is -1.17. The smallest absolute Gasteiger partial charge is 0.238 e. The van der Waals surface area contributed by atoms with Gasteiger partial charge < -0.3 is 5.32 Å². The number of rotatable bonds is 3. The molecule has 1 amide bonds. The van der Waals surface area contributed by atoms with Crippen LogP contribution < -0.4 is 16.2 Å². The number of amides is 1. The fourth-order valence-corrected chi connectivity index (χ4v) is 1.87. The molecule has 0 bridgehead atoms. The quantitative estimate of drug-likeness (QED) is 0.756. The van der Waals surface area contributed by atoms with Crippen molar-refractivity contribution in [1.29, 1.82) is 0 Å². The molecule has 1 aliphatic heterocycles. The molecule has 1 fully saturated rings. The molecule has 0 radical (unpaired) electrons. The maximum Gasteiger partial charge on any atom is 0.238 e. The van der Waals surface area contributed by atoms with E-state index in [1.165, 1.54) is 6.07 Å². The maximum absolute atomic E-state index is 13.5. The van der Waals surface area contributed by atoms with E-state index in [9.17, 15) is 9.18 Å². The molecule has 2 rings (SSSR count). The zero-order valence-corrected chi connectivity index (χ0v) is 9.85. The number of carbonyl (C=O) groups excluding carboxylic acids is 1. The Kier molecular flexibility index (Phi) is 3.93. The summed E-state index contributed by atoms with van der Waals surface area (Å²) in [4.78, 5) is 11.6. The minimum Gasteiger partial charge on any atom is -0.351 e. The first-order valence-corrected chi connectivity index (χ1v) is 5.75. The van der Waals surface area contributed by atoms with E-state index in [4.69, 9.17) is 11.6 Å². The molecule has 0 unspecified atom stereocenters. The Morgan fingerprint density at radius 2 is 2.41 bits per heavy atom. The van der Waals surface area contributed by atoms with Gasteiger partial charge in [0.2, 0.25) is 5.91 Å². The van der Waals surface area contributed by atoms with E-state index in [-0.39, 0.29) is 23.5 Å². The van der Waals surface area contributed by atoms with Crippen molar-refractivity contribution in [2.45, 2.75) is 19.0 Å². The van der Waals surface area contributed by atoms with Crippen molar-refractivity contribution in [3.8, 4) is 0 Å². The molecule has 0 spiro atoms. The highest BCUT2D eigenvalue weighted by Crippen LogP contribution is 2.17. The third-order valence-corrected chi connectivity index (χ3v) is 2.93. The second kappa shape index (κ2) is 5.44. The van der Waals surface area contributed by atoms with Crippen molar-refractivity contribution >= 4 is 17.5 Å². The Labute approximate surface area is 104 Å². The Morgan fingerprint density at radius 1 is 1.59 bits per heavy atom. The summed E-state index contributed by atoms with van der Waals surface area (Å²) in [6, 6.07) is 4.48. The molecule has 92 valence electrons. The fraction of sp³-hybridized carbons (Fsp3) is 0.364. The molecule has 6 heteroatoms. The fourth-order valence-electron chi connectivity index (χ4n) is 1.67. The lowest BCUT2D eigenvalue weighted by Gasteiger charge is -2.11. The average molecular weight is 258 g/mol. The van der Waals surface area contributed by atoms with Crippen LogP contribution in [0.1, 0.15) is 12.0 Å². The molecule has 1 heterocycles. The number of hydrogen-bond donors (Lipinski definition) is 3. The van der Waals surface area contributed by atoms with Gasteiger partial charge in [0.1, 0.15) is 11.9 Å². The van der Waals surface area contributed by atoms with Crippen LogP contribution in [0.15, 0.2) is 18.2 Å². The molecule has 17 heavy (non-hydrogen) atoms. The zero-order valence-electron chi connectivity index (χ0n) is 9.09. The summed E-state index contributed by atoms with van der Waals surface area (Å²) in [5.74, 6) is -0.624. The van der Waals surface area contributed by atoms with E-state index in [2.05, 4.69) is 16.2 Å². The first-order chi connectivity index (χ1) is 8.18. The van der Waals surface area contributed by atoms with E-state index in [0.29, 0.717) is 5.56 Å². The molecule has 3 N–H and O–H groups in total. The summed E-state index contributed by atoms with van der Waals surface area (Å²) in [5.41, 5.74) is 6.09. The molecular formula is C11H13ClFN3O. The van der Waals surface area contributed by atoms with Crippen molar-refractivity contribution in [2.24, 2.45) is 0 Å². The Morgan fingerprint density at radius 3 is 3.12 bits per heavy atom. The minimum absolute atomic E-state index is 0.0670. The number of hydrazine groups is 1. The van der Waals surface area contributed by atoms with Gasteiger partial charge in [-0.15, -0.1) is 0 Å². The highest BCUT2D eigenvalue weighted by molar-refractivity contribution is 6.30. The van der Waals surface area contributed by atoms with Crippen LogP contribution in [0.2, 0.25) is 5.02 Å². The molecule has 1 aromatic carbocycles. The molecule has 0 aliphatic carbocycles. The van der Waals surface area contributed by atoms with Crippen molar-refractivity contribution in [1.82, 2.24) is 16.2 Å². The lowest BCUT2D eigenvalue weighted by Crippen LogP contribution is -2.42. The summed E-state index contributed by atoms with van der Waals surface area (Å²) in [6.07, 6.45) is 0.726. The summed E-state index contributed by atoms with van der Waals surface area (Å²) in [7, 11) is 0. The van der Waals surface area contributed by atoms with E-state index in [1.54, 1.807) is 12.1 Å². The van der Waals surface area contributed by atoms with Gasteiger partial charge in [0.05, 0.1) is 5.02 Å². The van der Waals surface area contributed by atoms with Gasteiger partial charge in [0.15, 0.2) is 0 Å². The summed E-state index contributed by atoms with van der Waals surface area (Å²) in [6.45, 7) is 0.896. The predicted octanol–water partition coefficient (Wildman–Crippen LogP) is 0.962. The van der Waals surface area contributed by atoms with E-state index >= 15 is 0 Å². The molecule has 1 saturated heterocycles. The van der Waals surface area contributed by atoms with Crippen LogP contribution in [-0.2, 0) is 11.3 Å². The Balaban J connectivity index is 1.93. The minimum atomic E-state index is -0.480. The van der Waals surface area contributed by atoms with Gasteiger partial charge in [-0.25, -0.2) is 9.82 Å². The van der Waals surface area contributed by atoms with Crippen LogP contribution in [-0.4, -0.2) is 18.5 Å². The van der Waals surface area contributed by atoms with E-state index in [1.807, 2.05) is 0 Å². The number of carbonyl (C=O) groups is 1. The third-order valence-electron chi connectivity index (χ3n) is 2.64. The highest BCUT2D eigenvalue weighted by atomic mass is 35.5. The second-order valence-electron chi connectivity index (χ2n) is 3.84. The van der Waals surface area contributed by atoms with E-state index < -0.39 is 5.82 Å². The van der Waals surface area contributed by atoms with Gasteiger partial charge in [-0.05, 0) is 12.5 Å². The van der Waals surface area contributed by atoms with Gasteiger partial charge >= 0.3 is 0 Å². The van der Waals surface area contributed by atoms with Gasteiger partial charge in [-0.3, -0.25) is 10.2 Å². The van der Waals surface area contributed by atoms with Gasteiger partial charge in [-0.1, -0.05) is 23.7 Å². The van der Waals surface area contributed by atoms with Crippen LogP contribution in [0.5, 0.6) is 0 Å². The van der Waals surface area contributed by atoms with E-state index in [0.717, 1.165) is 13.0 Å². The average Bonchev–Trinajstić information content (AvgIpc) is 2.84. The Bertz CT molecular complexity index is 421. The van der Waals surface area contributed by atoms with Crippen LogP contribution in [0, 0.1) is 5.82 Å². The summed E-state index contributed by atoms with van der Waals surface area (Å²) >= 11 is 5.65. The molecule has 0 saturated carbocycles. The lowest BCUT2D eigenvalue weighted by molar-refractivity contribution is -0.123. The van der Waals surface area contributed by atoms with Crippen molar-refractivity contribution in [3.05, 3.63) is 34.6 Å². The molecular weight excluding hydrogens is 245 g/mol. The standard InChI is InChI=1S/C11H13ClFN3O/c12-8-3-1-2-7(10(8)13)6-14-11(17)9-4-5-15-16-9/h1-3,9,15-16H,4-6H2,(H,14,17)/t9-/m1/s1. The largest absolute Gasteiger partial charge is 0.351 e. The molecule has 0 aromatic heterocycles. The molecule has 1 aliphatic rings. The topological polar surface area (TPSA) is 53.2 Å². The van der Waals surface area contributed by atoms with Crippen molar-refractivity contribution < 1.29 is 9.18 Å². The van der Waals surface area contributed by atoms with Gasteiger partial charge in [-0.2, -0.15) is 0 Å². The summed E-state index contributed by atoms with van der Waals surface area (Å²) in [5, 5.41) is 2.74. The van der Waals surface area contributed by atoms with Crippen molar-refractivity contribution in [3.63, 3.8) is 0 Å².